The van der Waals surface area contributed by atoms with Gasteiger partial charge in [-0.25, -0.2) is 0 Å². The maximum atomic E-state index is 10.4. The van der Waals surface area contributed by atoms with Crippen LogP contribution in [0.15, 0.2) is 6.20 Å². The van der Waals surface area contributed by atoms with Gasteiger partial charge in [-0.3, -0.25) is 4.79 Å². The Labute approximate surface area is 55.6 Å². The molecule has 0 radical (unpaired) electrons. The minimum Gasteiger partial charge on any atom is -0.396 e. The van der Waals surface area contributed by atoms with Crippen molar-refractivity contribution >= 4 is 23.1 Å². The van der Waals surface area contributed by atoms with E-state index >= 15 is 0 Å². The van der Waals surface area contributed by atoms with Gasteiger partial charge in [-0.05, 0) is 11.5 Å². The third-order valence-electron chi connectivity index (χ3n) is 0.822. The van der Waals surface area contributed by atoms with Gasteiger partial charge >= 0.3 is 0 Å². The molecule has 0 aliphatic carbocycles. The summed E-state index contributed by atoms with van der Waals surface area (Å²) in [5.41, 5.74) is 10.6. The number of rotatable bonds is 1. The zero-order valence-corrected chi connectivity index (χ0v) is 5.31. The maximum absolute atomic E-state index is 10.4. The lowest BCUT2D eigenvalue weighted by molar-refractivity contribution is 0.100. The van der Waals surface area contributed by atoms with E-state index < -0.39 is 5.91 Å². The minimum atomic E-state index is -0.519. The van der Waals surface area contributed by atoms with Gasteiger partial charge in [0.25, 0.3) is 5.91 Å². The molecule has 48 valence electrons. The van der Waals surface area contributed by atoms with Crippen molar-refractivity contribution in [2.45, 2.75) is 0 Å². The number of primary amides is 1. The van der Waals surface area contributed by atoms with Crippen LogP contribution < -0.4 is 11.5 Å². The quantitative estimate of drug-likeness (QED) is 0.572. The molecule has 0 aromatic carbocycles. The average molecular weight is 143 g/mol. The fraction of sp³-hybridized carbons (Fsp3) is 0. The molecule has 0 aliphatic heterocycles. The van der Waals surface area contributed by atoms with E-state index in [0.717, 1.165) is 11.5 Å². The molecular formula is C4H5N3OS. The summed E-state index contributed by atoms with van der Waals surface area (Å²) in [5.74, 6) is -0.519. The molecule has 0 atom stereocenters. The molecule has 1 heterocycles. The maximum Gasteiger partial charge on any atom is 0.262 e. The zero-order valence-electron chi connectivity index (χ0n) is 4.50. The summed E-state index contributed by atoms with van der Waals surface area (Å²) >= 11 is 1.01. The summed E-state index contributed by atoms with van der Waals surface area (Å²) in [5, 5.41) is 0. The first kappa shape index (κ1) is 6.03. The Morgan fingerprint density at radius 2 is 2.44 bits per heavy atom. The Bertz CT molecular complexity index is 231. The molecule has 0 aliphatic rings. The highest BCUT2D eigenvalue weighted by atomic mass is 32.1. The minimum absolute atomic E-state index is 0.329. The predicted octanol–water partition coefficient (Wildman–Crippen LogP) is -0.176. The van der Waals surface area contributed by atoms with Gasteiger partial charge < -0.3 is 11.5 Å². The third-order valence-corrected chi connectivity index (χ3v) is 1.65. The summed E-state index contributed by atoms with van der Waals surface area (Å²) in [6, 6.07) is 0. The van der Waals surface area contributed by atoms with Crippen molar-refractivity contribution in [3.8, 4) is 0 Å². The standard InChI is InChI=1S/C4H5N3OS/c5-2-1-7-9-3(2)4(6)8/h1H,5H2,(H2,6,8). The topological polar surface area (TPSA) is 82.0 Å². The van der Waals surface area contributed by atoms with E-state index in [1.807, 2.05) is 0 Å². The summed E-state index contributed by atoms with van der Waals surface area (Å²) in [6.07, 6.45) is 1.41. The number of nitrogens with two attached hydrogens (primary N) is 2. The van der Waals surface area contributed by atoms with Gasteiger partial charge in [0, 0.05) is 0 Å². The molecule has 0 unspecified atom stereocenters. The molecule has 0 spiro atoms. The van der Waals surface area contributed by atoms with Crippen molar-refractivity contribution in [3.05, 3.63) is 11.1 Å². The average Bonchev–Trinajstić information content (AvgIpc) is 2.13. The van der Waals surface area contributed by atoms with Crippen LogP contribution in [0.2, 0.25) is 0 Å². The number of amides is 1. The summed E-state index contributed by atoms with van der Waals surface area (Å²) < 4.78 is 3.66. The molecule has 1 aromatic heterocycles. The monoisotopic (exact) mass is 143 g/mol. The van der Waals surface area contributed by atoms with Gasteiger partial charge in [-0.1, -0.05) is 0 Å². The van der Waals surface area contributed by atoms with Crippen molar-refractivity contribution in [3.63, 3.8) is 0 Å². The van der Waals surface area contributed by atoms with Crippen LogP contribution in [0.3, 0.4) is 0 Å². The van der Waals surface area contributed by atoms with Crippen molar-refractivity contribution in [2.75, 3.05) is 5.73 Å². The predicted molar refractivity (Wildman–Crippen MR) is 35.0 cm³/mol. The van der Waals surface area contributed by atoms with Crippen LogP contribution in [-0.2, 0) is 0 Å². The lowest BCUT2D eigenvalue weighted by Gasteiger charge is -1.85. The molecule has 0 bridgehead atoms. The second-order valence-electron chi connectivity index (χ2n) is 1.47. The first-order valence-corrected chi connectivity index (χ1v) is 2.99. The van der Waals surface area contributed by atoms with Gasteiger partial charge in [0.2, 0.25) is 0 Å². The Morgan fingerprint density at radius 3 is 2.67 bits per heavy atom. The van der Waals surface area contributed by atoms with Gasteiger partial charge in [0.1, 0.15) is 4.88 Å². The number of hydrogen-bond donors (Lipinski definition) is 2. The highest BCUT2D eigenvalue weighted by Gasteiger charge is 2.06. The lowest BCUT2D eigenvalue weighted by atomic mass is 10.4. The second-order valence-corrected chi connectivity index (χ2v) is 2.28. The highest BCUT2D eigenvalue weighted by molar-refractivity contribution is 7.08. The lowest BCUT2D eigenvalue weighted by Crippen LogP contribution is -2.10. The van der Waals surface area contributed by atoms with Crippen molar-refractivity contribution < 1.29 is 4.79 Å². The molecule has 0 saturated carbocycles. The Hall–Kier alpha value is -1.10. The normalized spacial score (nSPS) is 9.33. The van der Waals surface area contributed by atoms with Crippen LogP contribution in [0.1, 0.15) is 9.67 Å². The van der Waals surface area contributed by atoms with Crippen LogP contribution in [0.25, 0.3) is 0 Å². The molecule has 9 heavy (non-hydrogen) atoms. The molecular weight excluding hydrogens is 138 g/mol. The number of nitrogen functional groups attached to an aromatic ring is 1. The zero-order chi connectivity index (χ0) is 6.85. The Morgan fingerprint density at radius 1 is 1.78 bits per heavy atom. The van der Waals surface area contributed by atoms with Crippen molar-refractivity contribution in [1.29, 1.82) is 0 Å². The van der Waals surface area contributed by atoms with Crippen LogP contribution >= 0.6 is 11.5 Å². The summed E-state index contributed by atoms with van der Waals surface area (Å²) in [7, 11) is 0. The molecule has 1 amide bonds. The number of carbonyl (C=O) groups excluding carboxylic acids is 1. The van der Waals surface area contributed by atoms with Crippen LogP contribution in [0, 0.1) is 0 Å². The van der Waals surface area contributed by atoms with Crippen LogP contribution in [0.5, 0.6) is 0 Å². The number of nitrogens with zero attached hydrogens (tertiary/aromatic N) is 1. The van der Waals surface area contributed by atoms with Gasteiger partial charge in [0.05, 0.1) is 11.9 Å². The molecule has 4 nitrogen and oxygen atoms in total. The fourth-order valence-electron chi connectivity index (χ4n) is 0.434. The molecule has 0 fully saturated rings. The van der Waals surface area contributed by atoms with E-state index in [2.05, 4.69) is 4.37 Å². The second kappa shape index (κ2) is 2.02. The van der Waals surface area contributed by atoms with Gasteiger partial charge in [-0.15, -0.1) is 0 Å². The first-order valence-electron chi connectivity index (χ1n) is 2.22. The molecule has 0 saturated heterocycles. The molecule has 4 N–H and O–H groups in total. The molecule has 5 heteroatoms. The Balaban J connectivity index is 3.08. The van der Waals surface area contributed by atoms with E-state index in [0.29, 0.717) is 10.6 Å². The summed E-state index contributed by atoms with van der Waals surface area (Å²) in [4.78, 5) is 10.7. The Kier molecular flexibility index (Phi) is 1.35. The summed E-state index contributed by atoms with van der Waals surface area (Å²) in [6.45, 7) is 0. The van der Waals surface area contributed by atoms with E-state index in [9.17, 15) is 4.79 Å². The van der Waals surface area contributed by atoms with Gasteiger partial charge in [0.15, 0.2) is 0 Å². The highest BCUT2D eigenvalue weighted by Crippen LogP contribution is 2.13. The fourth-order valence-corrected chi connectivity index (χ4v) is 0.954. The van der Waals surface area contributed by atoms with Crippen molar-refractivity contribution in [1.82, 2.24) is 4.37 Å². The van der Waals surface area contributed by atoms with Crippen molar-refractivity contribution in [2.24, 2.45) is 5.73 Å². The number of anilines is 1. The van der Waals surface area contributed by atoms with E-state index in [-0.39, 0.29) is 0 Å². The molecule has 1 aromatic rings. The van der Waals surface area contributed by atoms with Crippen LogP contribution in [-0.4, -0.2) is 10.3 Å². The van der Waals surface area contributed by atoms with Crippen LogP contribution in [0.4, 0.5) is 5.69 Å². The largest absolute Gasteiger partial charge is 0.396 e. The van der Waals surface area contributed by atoms with Gasteiger partial charge in [-0.2, -0.15) is 4.37 Å². The molecule has 1 rings (SSSR count). The van der Waals surface area contributed by atoms with E-state index in [1.165, 1.54) is 6.20 Å². The third kappa shape index (κ3) is 0.996. The smallest absolute Gasteiger partial charge is 0.262 e. The number of aromatic nitrogens is 1. The number of hydrogen-bond acceptors (Lipinski definition) is 4. The SMILES string of the molecule is NC(=O)c1sncc1N. The number of carbonyl (C=O) groups is 1. The van der Waals surface area contributed by atoms with E-state index in [4.69, 9.17) is 11.5 Å². The van der Waals surface area contributed by atoms with E-state index in [1.54, 1.807) is 0 Å². The first-order chi connectivity index (χ1) is 4.22.